The largest absolute Gasteiger partial charge is 0.463 e. The second kappa shape index (κ2) is 7.23. The van der Waals surface area contributed by atoms with E-state index < -0.39 is 6.10 Å². The first-order chi connectivity index (χ1) is 6.97. The van der Waals surface area contributed by atoms with Crippen LogP contribution < -0.4 is 0 Å². The van der Waals surface area contributed by atoms with Crippen LogP contribution in [-0.4, -0.2) is 36.4 Å². The van der Waals surface area contributed by atoms with Gasteiger partial charge < -0.3 is 14.6 Å². The highest BCUT2D eigenvalue weighted by Gasteiger charge is 2.13. The molecule has 1 atom stereocenters. The van der Waals surface area contributed by atoms with Crippen LogP contribution in [0.1, 0.15) is 27.2 Å². The molecule has 0 saturated heterocycles. The van der Waals surface area contributed by atoms with E-state index in [0.29, 0.717) is 0 Å². The van der Waals surface area contributed by atoms with E-state index in [4.69, 9.17) is 4.74 Å². The lowest BCUT2D eigenvalue weighted by molar-refractivity contribution is -0.154. The van der Waals surface area contributed by atoms with Gasteiger partial charge >= 0.3 is 11.9 Å². The Balaban J connectivity index is 3.61. The normalized spacial score (nSPS) is 12.3. The number of aliphatic hydroxyl groups is 1. The minimum atomic E-state index is -0.955. The Kier molecular flexibility index (Phi) is 6.70. The van der Waals surface area contributed by atoms with Crippen LogP contribution in [0.3, 0.4) is 0 Å². The van der Waals surface area contributed by atoms with E-state index in [0.717, 1.165) is 0 Å². The summed E-state index contributed by atoms with van der Waals surface area (Å²) in [4.78, 5) is 21.7. The molecule has 15 heavy (non-hydrogen) atoms. The first-order valence-corrected chi connectivity index (χ1v) is 4.97. The van der Waals surface area contributed by atoms with Crippen LogP contribution in [0.2, 0.25) is 0 Å². The van der Waals surface area contributed by atoms with Crippen LogP contribution in [0, 0.1) is 5.92 Å². The highest BCUT2D eigenvalue weighted by Crippen LogP contribution is 1.97. The van der Waals surface area contributed by atoms with Gasteiger partial charge in [0.05, 0.1) is 5.92 Å². The van der Waals surface area contributed by atoms with Gasteiger partial charge in [-0.15, -0.1) is 0 Å². The first kappa shape index (κ1) is 13.9. The summed E-state index contributed by atoms with van der Waals surface area (Å²) in [5.74, 6) is -0.990. The summed E-state index contributed by atoms with van der Waals surface area (Å²) in [5, 5.41) is 9.27. The van der Waals surface area contributed by atoms with Crippen LogP contribution in [0.25, 0.3) is 0 Å². The molecule has 1 unspecified atom stereocenters. The van der Waals surface area contributed by atoms with E-state index in [1.165, 1.54) is 0 Å². The SMILES string of the molecule is CCC(=O)OCC(O)COC(=O)C(C)C. The van der Waals surface area contributed by atoms with Gasteiger partial charge in [-0.1, -0.05) is 20.8 Å². The van der Waals surface area contributed by atoms with Crippen molar-refractivity contribution < 1.29 is 24.2 Å². The Morgan fingerprint density at radius 3 is 2.20 bits per heavy atom. The van der Waals surface area contributed by atoms with Gasteiger partial charge in [-0.2, -0.15) is 0 Å². The molecule has 88 valence electrons. The minimum absolute atomic E-state index is 0.141. The summed E-state index contributed by atoms with van der Waals surface area (Å²) < 4.78 is 9.42. The minimum Gasteiger partial charge on any atom is -0.463 e. The third kappa shape index (κ3) is 6.90. The van der Waals surface area contributed by atoms with Crippen molar-refractivity contribution in [2.24, 2.45) is 5.92 Å². The lowest BCUT2D eigenvalue weighted by Gasteiger charge is -2.12. The lowest BCUT2D eigenvalue weighted by Crippen LogP contribution is -2.26. The van der Waals surface area contributed by atoms with Gasteiger partial charge in [-0.25, -0.2) is 0 Å². The van der Waals surface area contributed by atoms with Gasteiger partial charge in [0.2, 0.25) is 0 Å². The van der Waals surface area contributed by atoms with Gasteiger partial charge in [-0.05, 0) is 0 Å². The van der Waals surface area contributed by atoms with E-state index in [9.17, 15) is 14.7 Å². The zero-order valence-corrected chi connectivity index (χ0v) is 9.36. The fraction of sp³-hybridized carbons (Fsp3) is 0.800. The fourth-order valence-corrected chi connectivity index (χ4v) is 0.684. The predicted molar refractivity (Wildman–Crippen MR) is 53.1 cm³/mol. The first-order valence-electron chi connectivity index (χ1n) is 4.97. The summed E-state index contributed by atoms with van der Waals surface area (Å²) >= 11 is 0. The molecular formula is C10H18O5. The summed E-state index contributed by atoms with van der Waals surface area (Å²) in [5.41, 5.74) is 0. The summed E-state index contributed by atoms with van der Waals surface area (Å²) in [6, 6.07) is 0. The smallest absolute Gasteiger partial charge is 0.308 e. The van der Waals surface area contributed by atoms with Crippen molar-refractivity contribution >= 4 is 11.9 Å². The van der Waals surface area contributed by atoms with E-state index in [-0.39, 0.29) is 37.5 Å². The van der Waals surface area contributed by atoms with E-state index in [1.54, 1.807) is 20.8 Å². The summed E-state index contributed by atoms with van der Waals surface area (Å²) in [7, 11) is 0. The maximum absolute atomic E-state index is 11.0. The van der Waals surface area contributed by atoms with Crippen LogP contribution >= 0.6 is 0 Å². The Bertz CT molecular complexity index is 212. The molecule has 0 rings (SSSR count). The average Bonchev–Trinajstić information content (AvgIpc) is 2.21. The molecule has 0 heterocycles. The summed E-state index contributed by atoms with van der Waals surface area (Å²) in [6.07, 6.45) is -0.693. The number of hydrogen-bond acceptors (Lipinski definition) is 5. The zero-order valence-electron chi connectivity index (χ0n) is 9.36. The lowest BCUT2D eigenvalue weighted by atomic mass is 10.2. The van der Waals surface area contributed by atoms with Gasteiger partial charge in [0.1, 0.15) is 19.3 Å². The number of ether oxygens (including phenoxy) is 2. The van der Waals surface area contributed by atoms with Crippen LogP contribution in [0.5, 0.6) is 0 Å². The second-order valence-electron chi connectivity index (χ2n) is 3.48. The number of carbonyl (C=O) groups is 2. The molecule has 0 fully saturated rings. The maximum Gasteiger partial charge on any atom is 0.308 e. The molecule has 0 aliphatic carbocycles. The summed E-state index contributed by atoms with van der Waals surface area (Å²) in [6.45, 7) is 4.78. The highest BCUT2D eigenvalue weighted by molar-refractivity contribution is 5.71. The van der Waals surface area contributed by atoms with Crippen LogP contribution in [0.15, 0.2) is 0 Å². The molecule has 0 aliphatic rings. The molecule has 1 N–H and O–H groups in total. The Morgan fingerprint density at radius 1 is 1.20 bits per heavy atom. The van der Waals surface area contributed by atoms with Crippen molar-refractivity contribution in [1.82, 2.24) is 0 Å². The van der Waals surface area contributed by atoms with Crippen molar-refractivity contribution in [1.29, 1.82) is 0 Å². The van der Waals surface area contributed by atoms with Crippen molar-refractivity contribution in [3.8, 4) is 0 Å². The molecule has 0 aliphatic heterocycles. The van der Waals surface area contributed by atoms with Crippen LogP contribution in [0.4, 0.5) is 0 Å². The van der Waals surface area contributed by atoms with E-state index in [2.05, 4.69) is 4.74 Å². The quantitative estimate of drug-likeness (QED) is 0.657. The predicted octanol–water partition coefficient (Wildman–Crippen LogP) is 0.500. The third-order valence-electron chi connectivity index (χ3n) is 1.61. The Labute approximate surface area is 89.4 Å². The number of carbonyl (C=O) groups excluding carboxylic acids is 2. The zero-order chi connectivity index (χ0) is 11.8. The van der Waals surface area contributed by atoms with Gasteiger partial charge in [0, 0.05) is 6.42 Å². The van der Waals surface area contributed by atoms with Crippen molar-refractivity contribution in [2.45, 2.75) is 33.3 Å². The molecule has 5 nitrogen and oxygen atoms in total. The number of esters is 2. The monoisotopic (exact) mass is 218 g/mol. The molecule has 0 aromatic carbocycles. The average molecular weight is 218 g/mol. The molecular weight excluding hydrogens is 200 g/mol. The standard InChI is InChI=1S/C10H18O5/c1-4-9(12)14-5-8(11)6-15-10(13)7(2)3/h7-8,11H,4-6H2,1-3H3. The van der Waals surface area contributed by atoms with Gasteiger partial charge in [0.15, 0.2) is 0 Å². The molecule has 0 saturated carbocycles. The van der Waals surface area contributed by atoms with Crippen molar-refractivity contribution in [2.75, 3.05) is 13.2 Å². The molecule has 0 bridgehead atoms. The number of hydrogen-bond donors (Lipinski definition) is 1. The maximum atomic E-state index is 11.0. The highest BCUT2D eigenvalue weighted by atomic mass is 16.6. The van der Waals surface area contributed by atoms with Crippen molar-refractivity contribution in [3.63, 3.8) is 0 Å². The van der Waals surface area contributed by atoms with Crippen molar-refractivity contribution in [3.05, 3.63) is 0 Å². The Hall–Kier alpha value is -1.10. The number of rotatable bonds is 6. The topological polar surface area (TPSA) is 72.8 Å². The molecule has 5 heteroatoms. The fourth-order valence-electron chi connectivity index (χ4n) is 0.684. The second-order valence-corrected chi connectivity index (χ2v) is 3.48. The third-order valence-corrected chi connectivity index (χ3v) is 1.61. The van der Waals surface area contributed by atoms with Gasteiger partial charge in [-0.3, -0.25) is 9.59 Å². The molecule has 0 aromatic rings. The van der Waals surface area contributed by atoms with Crippen LogP contribution in [-0.2, 0) is 19.1 Å². The van der Waals surface area contributed by atoms with Gasteiger partial charge in [0.25, 0.3) is 0 Å². The molecule has 0 spiro atoms. The molecule has 0 aromatic heterocycles. The van der Waals surface area contributed by atoms with E-state index in [1.807, 2.05) is 0 Å². The molecule has 0 amide bonds. The van der Waals surface area contributed by atoms with E-state index >= 15 is 0 Å². The number of aliphatic hydroxyl groups excluding tert-OH is 1. The Morgan fingerprint density at radius 2 is 1.73 bits per heavy atom. The molecule has 0 radical (unpaired) electrons.